The molecule has 0 rings (SSSR count). The van der Waals surface area contributed by atoms with Crippen LogP contribution in [-0.2, 0) is 28.6 Å². The third-order valence-electron chi connectivity index (χ3n) is 13.0. The Hall–Kier alpha value is -2.11. The second kappa shape index (κ2) is 54.5. The molecule has 0 aliphatic rings. The van der Waals surface area contributed by atoms with Gasteiger partial charge in [0.25, 0.3) is 0 Å². The van der Waals surface area contributed by atoms with Crippen LogP contribution in [0.15, 0.2) is 24.3 Å². The van der Waals surface area contributed by atoms with Gasteiger partial charge in [0.15, 0.2) is 6.10 Å². The van der Waals surface area contributed by atoms with E-state index in [-0.39, 0.29) is 31.1 Å². The standard InChI is InChI=1S/C59H110O6/c1-4-7-10-13-16-19-21-23-25-26-27-28-29-30-31-32-33-34-35-37-38-40-43-46-49-52-58(61)64-55-56(54-63-57(60)51-48-45-42-18-15-12-9-6-3)65-59(62)53-50-47-44-41-39-36-24-22-20-17-14-11-8-5-2/h21,23,26-27,56H,4-20,22,24-25,28-55H2,1-3H3/b23-21-,27-26-. The van der Waals surface area contributed by atoms with Crippen molar-refractivity contribution in [2.75, 3.05) is 13.2 Å². The molecule has 6 heteroatoms. The van der Waals surface area contributed by atoms with Crippen LogP contribution in [0.3, 0.4) is 0 Å². The molecule has 0 fully saturated rings. The Balaban J connectivity index is 4.12. The van der Waals surface area contributed by atoms with Gasteiger partial charge in [0.2, 0.25) is 0 Å². The van der Waals surface area contributed by atoms with Crippen LogP contribution in [-0.4, -0.2) is 37.2 Å². The maximum atomic E-state index is 12.8. The average Bonchev–Trinajstić information content (AvgIpc) is 3.30. The minimum Gasteiger partial charge on any atom is -0.462 e. The van der Waals surface area contributed by atoms with Crippen LogP contribution >= 0.6 is 0 Å². The van der Waals surface area contributed by atoms with E-state index >= 15 is 0 Å². The first-order chi connectivity index (χ1) is 32.0. The summed E-state index contributed by atoms with van der Waals surface area (Å²) in [6, 6.07) is 0. The van der Waals surface area contributed by atoms with Crippen molar-refractivity contribution in [1.82, 2.24) is 0 Å². The van der Waals surface area contributed by atoms with Gasteiger partial charge in [0, 0.05) is 19.3 Å². The van der Waals surface area contributed by atoms with Crippen molar-refractivity contribution in [3.8, 4) is 0 Å². The number of unbranched alkanes of at least 4 members (excludes halogenated alkanes) is 38. The predicted octanol–water partition coefficient (Wildman–Crippen LogP) is 19.1. The van der Waals surface area contributed by atoms with Gasteiger partial charge in [0.1, 0.15) is 13.2 Å². The van der Waals surface area contributed by atoms with E-state index in [4.69, 9.17) is 14.2 Å². The Morgan fingerprint density at radius 3 is 0.846 bits per heavy atom. The first-order valence-corrected chi connectivity index (χ1v) is 28.8. The molecule has 0 amide bonds. The molecule has 0 heterocycles. The number of carbonyl (C=O) groups excluding carboxylic acids is 3. The second-order valence-corrected chi connectivity index (χ2v) is 19.6. The van der Waals surface area contributed by atoms with Crippen molar-refractivity contribution in [1.29, 1.82) is 0 Å². The van der Waals surface area contributed by atoms with Gasteiger partial charge in [-0.3, -0.25) is 14.4 Å². The van der Waals surface area contributed by atoms with Crippen molar-refractivity contribution >= 4 is 17.9 Å². The molecule has 65 heavy (non-hydrogen) atoms. The van der Waals surface area contributed by atoms with Crippen LogP contribution in [0.4, 0.5) is 0 Å². The lowest BCUT2D eigenvalue weighted by Gasteiger charge is -2.18. The van der Waals surface area contributed by atoms with Crippen molar-refractivity contribution < 1.29 is 28.6 Å². The summed E-state index contributed by atoms with van der Waals surface area (Å²) >= 11 is 0. The van der Waals surface area contributed by atoms with E-state index in [1.807, 2.05) is 0 Å². The number of allylic oxidation sites excluding steroid dienone is 4. The van der Waals surface area contributed by atoms with Crippen molar-refractivity contribution in [2.24, 2.45) is 0 Å². The average molecular weight is 916 g/mol. The van der Waals surface area contributed by atoms with Gasteiger partial charge in [-0.2, -0.15) is 0 Å². The molecule has 0 saturated heterocycles. The van der Waals surface area contributed by atoms with Crippen LogP contribution < -0.4 is 0 Å². The van der Waals surface area contributed by atoms with Crippen molar-refractivity contribution in [3.63, 3.8) is 0 Å². The fraction of sp³-hybridized carbons (Fsp3) is 0.881. The molecule has 0 radical (unpaired) electrons. The van der Waals surface area contributed by atoms with Crippen LogP contribution in [0, 0.1) is 0 Å². The smallest absolute Gasteiger partial charge is 0.306 e. The topological polar surface area (TPSA) is 78.9 Å². The molecule has 1 unspecified atom stereocenters. The summed E-state index contributed by atoms with van der Waals surface area (Å²) in [6.07, 6.45) is 63.3. The molecule has 0 aliphatic carbocycles. The van der Waals surface area contributed by atoms with E-state index in [0.29, 0.717) is 19.3 Å². The fourth-order valence-electron chi connectivity index (χ4n) is 8.59. The van der Waals surface area contributed by atoms with E-state index in [9.17, 15) is 14.4 Å². The third kappa shape index (κ3) is 52.7. The molecule has 0 spiro atoms. The number of rotatable bonds is 53. The summed E-state index contributed by atoms with van der Waals surface area (Å²) in [7, 11) is 0. The first-order valence-electron chi connectivity index (χ1n) is 28.8. The van der Waals surface area contributed by atoms with E-state index in [1.165, 1.54) is 212 Å². The minimum atomic E-state index is -0.764. The summed E-state index contributed by atoms with van der Waals surface area (Å²) in [5.41, 5.74) is 0. The molecule has 1 atom stereocenters. The van der Waals surface area contributed by atoms with Gasteiger partial charge in [-0.25, -0.2) is 0 Å². The normalized spacial score (nSPS) is 12.1. The molecular formula is C59H110O6. The molecule has 0 N–H and O–H groups in total. The molecule has 0 aliphatic heterocycles. The quantitative estimate of drug-likeness (QED) is 0.0262. The van der Waals surface area contributed by atoms with Gasteiger partial charge in [-0.15, -0.1) is 0 Å². The zero-order valence-electron chi connectivity index (χ0n) is 43.8. The van der Waals surface area contributed by atoms with Crippen LogP contribution in [0.25, 0.3) is 0 Å². The highest BCUT2D eigenvalue weighted by Gasteiger charge is 2.19. The first kappa shape index (κ1) is 62.9. The van der Waals surface area contributed by atoms with Gasteiger partial charge in [0.05, 0.1) is 0 Å². The fourth-order valence-corrected chi connectivity index (χ4v) is 8.59. The number of esters is 3. The number of ether oxygens (including phenoxy) is 3. The largest absolute Gasteiger partial charge is 0.462 e. The number of hydrogen-bond acceptors (Lipinski definition) is 6. The maximum Gasteiger partial charge on any atom is 0.306 e. The SMILES string of the molecule is CCCCCCC/C=C\C/C=C\CCCCCCCCCCCCCCCC(=O)OCC(COC(=O)CCCCCCCCCC)OC(=O)CCCCCCCCCCCCCCCC. The van der Waals surface area contributed by atoms with Crippen LogP contribution in [0.5, 0.6) is 0 Å². The van der Waals surface area contributed by atoms with E-state index in [2.05, 4.69) is 45.1 Å². The van der Waals surface area contributed by atoms with Crippen molar-refractivity contribution in [3.05, 3.63) is 24.3 Å². The summed E-state index contributed by atoms with van der Waals surface area (Å²) in [4.78, 5) is 37.9. The summed E-state index contributed by atoms with van der Waals surface area (Å²) < 4.78 is 16.8. The van der Waals surface area contributed by atoms with E-state index in [0.717, 1.165) is 64.2 Å². The molecule has 0 aromatic rings. The highest BCUT2D eigenvalue weighted by Crippen LogP contribution is 2.17. The Morgan fingerprint density at radius 2 is 0.554 bits per heavy atom. The van der Waals surface area contributed by atoms with E-state index in [1.54, 1.807) is 0 Å². The lowest BCUT2D eigenvalue weighted by Crippen LogP contribution is -2.30. The monoisotopic (exact) mass is 915 g/mol. The molecule has 0 saturated carbocycles. The number of carbonyl (C=O) groups is 3. The Kier molecular flexibility index (Phi) is 52.7. The second-order valence-electron chi connectivity index (χ2n) is 19.6. The van der Waals surface area contributed by atoms with Gasteiger partial charge >= 0.3 is 17.9 Å². The lowest BCUT2D eigenvalue weighted by atomic mass is 10.0. The number of hydrogen-bond donors (Lipinski definition) is 0. The van der Waals surface area contributed by atoms with Crippen LogP contribution in [0.2, 0.25) is 0 Å². The van der Waals surface area contributed by atoms with Crippen LogP contribution in [0.1, 0.15) is 316 Å². The minimum absolute atomic E-state index is 0.0662. The molecular weight excluding hydrogens is 805 g/mol. The van der Waals surface area contributed by atoms with E-state index < -0.39 is 6.10 Å². The Morgan fingerprint density at radius 1 is 0.308 bits per heavy atom. The molecule has 382 valence electrons. The molecule has 6 nitrogen and oxygen atoms in total. The molecule has 0 bridgehead atoms. The Bertz CT molecular complexity index is 1050. The highest BCUT2D eigenvalue weighted by atomic mass is 16.6. The lowest BCUT2D eigenvalue weighted by molar-refractivity contribution is -0.167. The van der Waals surface area contributed by atoms with Gasteiger partial charge < -0.3 is 14.2 Å². The predicted molar refractivity (Wildman–Crippen MR) is 279 cm³/mol. The summed E-state index contributed by atoms with van der Waals surface area (Å²) in [5, 5.41) is 0. The summed E-state index contributed by atoms with van der Waals surface area (Å²) in [6.45, 7) is 6.64. The Labute approximate surface area is 404 Å². The zero-order chi connectivity index (χ0) is 47.2. The summed E-state index contributed by atoms with van der Waals surface area (Å²) in [5.74, 6) is -0.853. The molecule has 0 aromatic heterocycles. The van der Waals surface area contributed by atoms with Crippen molar-refractivity contribution in [2.45, 2.75) is 322 Å². The van der Waals surface area contributed by atoms with Gasteiger partial charge in [-0.05, 0) is 51.4 Å². The van der Waals surface area contributed by atoms with Gasteiger partial charge in [-0.1, -0.05) is 270 Å². The zero-order valence-corrected chi connectivity index (χ0v) is 43.8. The highest BCUT2D eigenvalue weighted by molar-refractivity contribution is 5.71. The third-order valence-corrected chi connectivity index (χ3v) is 13.0. The molecule has 0 aromatic carbocycles. The maximum absolute atomic E-state index is 12.8.